The van der Waals surface area contributed by atoms with Gasteiger partial charge in [-0.3, -0.25) is 4.79 Å². The third-order valence-corrected chi connectivity index (χ3v) is 3.60. The summed E-state index contributed by atoms with van der Waals surface area (Å²) in [5.74, 6) is 0.864. The van der Waals surface area contributed by atoms with Crippen LogP contribution in [0.5, 0.6) is 0 Å². The van der Waals surface area contributed by atoms with Gasteiger partial charge in [-0.05, 0) is 29.9 Å². The van der Waals surface area contributed by atoms with Crippen LogP contribution < -0.4 is 5.73 Å². The lowest BCUT2D eigenvalue weighted by Crippen LogP contribution is -2.32. The molecule has 0 bridgehead atoms. The molecule has 19 heavy (non-hydrogen) atoms. The number of hydrogen-bond acceptors (Lipinski definition) is 2. The first-order chi connectivity index (χ1) is 9.04. The predicted molar refractivity (Wildman–Crippen MR) is 77.9 cm³/mol. The maximum Gasteiger partial charge on any atom is 0.227 e. The van der Waals surface area contributed by atoms with Crippen LogP contribution in [0.3, 0.4) is 0 Å². The number of carbonyl (C=O) groups excluding carboxylic acids is 1. The Kier molecular flexibility index (Phi) is 4.59. The largest absolute Gasteiger partial charge is 0.341 e. The predicted octanol–water partition coefficient (Wildman–Crippen LogP) is 1.99. The summed E-state index contributed by atoms with van der Waals surface area (Å²) in [7, 11) is 0. The van der Waals surface area contributed by atoms with Crippen molar-refractivity contribution >= 4 is 5.91 Å². The molecule has 104 valence electrons. The van der Waals surface area contributed by atoms with Crippen molar-refractivity contribution in [2.24, 2.45) is 11.7 Å². The Morgan fingerprint density at radius 3 is 2.47 bits per heavy atom. The van der Waals surface area contributed by atoms with Crippen molar-refractivity contribution in [2.45, 2.75) is 39.2 Å². The Morgan fingerprint density at radius 1 is 1.32 bits per heavy atom. The summed E-state index contributed by atoms with van der Waals surface area (Å²) in [6.45, 7) is 5.96. The first-order valence-corrected chi connectivity index (χ1v) is 7.15. The van der Waals surface area contributed by atoms with Crippen molar-refractivity contribution in [3.8, 4) is 0 Å². The van der Waals surface area contributed by atoms with Crippen LogP contribution in [0.25, 0.3) is 0 Å². The van der Waals surface area contributed by atoms with Gasteiger partial charge in [0.15, 0.2) is 0 Å². The average Bonchev–Trinajstić information content (AvgIpc) is 2.78. The van der Waals surface area contributed by atoms with Crippen molar-refractivity contribution in [3.63, 3.8) is 0 Å². The van der Waals surface area contributed by atoms with Crippen LogP contribution in [-0.2, 0) is 17.6 Å². The molecule has 0 aromatic heterocycles. The summed E-state index contributed by atoms with van der Waals surface area (Å²) < 4.78 is 0. The maximum atomic E-state index is 12.1. The van der Waals surface area contributed by atoms with Crippen LogP contribution in [0.4, 0.5) is 0 Å². The van der Waals surface area contributed by atoms with Gasteiger partial charge in [-0.15, -0.1) is 0 Å². The SMILES string of the molecule is CC(C)Cc1ccc(CC(=O)N2CC[C@@H](N)C2)cc1. The average molecular weight is 260 g/mol. The van der Waals surface area contributed by atoms with E-state index in [2.05, 4.69) is 38.1 Å². The minimum absolute atomic E-state index is 0.164. The number of rotatable bonds is 4. The zero-order valence-electron chi connectivity index (χ0n) is 11.9. The molecule has 1 saturated heterocycles. The van der Waals surface area contributed by atoms with Crippen LogP contribution in [0.2, 0.25) is 0 Å². The molecule has 1 heterocycles. The Labute approximate surface area is 115 Å². The second kappa shape index (κ2) is 6.20. The van der Waals surface area contributed by atoms with Gasteiger partial charge in [0, 0.05) is 19.1 Å². The third-order valence-electron chi connectivity index (χ3n) is 3.60. The van der Waals surface area contributed by atoms with Crippen molar-refractivity contribution < 1.29 is 4.79 Å². The fraction of sp³-hybridized carbons (Fsp3) is 0.562. The zero-order valence-corrected chi connectivity index (χ0v) is 11.9. The number of hydrogen-bond donors (Lipinski definition) is 1. The van der Waals surface area contributed by atoms with Gasteiger partial charge < -0.3 is 10.6 Å². The van der Waals surface area contributed by atoms with Gasteiger partial charge in [0.05, 0.1) is 6.42 Å². The molecule has 1 aromatic rings. The molecular formula is C16H24N2O. The zero-order chi connectivity index (χ0) is 13.8. The Morgan fingerprint density at radius 2 is 1.95 bits per heavy atom. The van der Waals surface area contributed by atoms with Crippen LogP contribution in [0.15, 0.2) is 24.3 Å². The van der Waals surface area contributed by atoms with E-state index in [-0.39, 0.29) is 11.9 Å². The van der Waals surface area contributed by atoms with Crippen LogP contribution in [-0.4, -0.2) is 29.9 Å². The van der Waals surface area contributed by atoms with E-state index in [9.17, 15) is 4.79 Å². The number of nitrogens with two attached hydrogens (primary N) is 1. The third kappa shape index (κ3) is 4.06. The lowest BCUT2D eigenvalue weighted by atomic mass is 10.0. The number of nitrogens with zero attached hydrogens (tertiary/aromatic N) is 1. The van der Waals surface area contributed by atoms with Crippen molar-refractivity contribution in [1.82, 2.24) is 4.90 Å². The van der Waals surface area contributed by atoms with Crippen LogP contribution in [0, 0.1) is 5.92 Å². The van der Waals surface area contributed by atoms with Crippen molar-refractivity contribution in [3.05, 3.63) is 35.4 Å². The molecule has 1 atom stereocenters. The van der Waals surface area contributed by atoms with Crippen molar-refractivity contribution in [2.75, 3.05) is 13.1 Å². The van der Waals surface area contributed by atoms with E-state index >= 15 is 0 Å². The van der Waals surface area contributed by atoms with E-state index in [0.717, 1.165) is 24.9 Å². The van der Waals surface area contributed by atoms with E-state index in [1.807, 2.05) is 4.90 Å². The summed E-state index contributed by atoms with van der Waals surface area (Å²) >= 11 is 0. The van der Waals surface area contributed by atoms with Gasteiger partial charge >= 0.3 is 0 Å². The van der Waals surface area contributed by atoms with E-state index in [0.29, 0.717) is 18.9 Å². The molecule has 1 amide bonds. The monoisotopic (exact) mass is 260 g/mol. The summed E-state index contributed by atoms with van der Waals surface area (Å²) in [6.07, 6.45) is 2.52. The first-order valence-electron chi connectivity index (χ1n) is 7.15. The maximum absolute atomic E-state index is 12.1. The second-order valence-corrected chi connectivity index (χ2v) is 5.98. The molecule has 0 unspecified atom stereocenters. The Balaban J connectivity index is 1.90. The molecule has 1 fully saturated rings. The minimum Gasteiger partial charge on any atom is -0.341 e. The van der Waals surface area contributed by atoms with Gasteiger partial charge in [0.1, 0.15) is 0 Å². The summed E-state index contributed by atoms with van der Waals surface area (Å²) in [5.41, 5.74) is 8.27. The van der Waals surface area contributed by atoms with E-state index in [4.69, 9.17) is 5.73 Å². The lowest BCUT2D eigenvalue weighted by Gasteiger charge is -2.15. The number of carbonyl (C=O) groups is 1. The standard InChI is InChI=1S/C16H24N2O/c1-12(2)9-13-3-5-14(6-4-13)10-16(19)18-8-7-15(17)11-18/h3-6,12,15H,7-11,17H2,1-2H3/t15-/m1/s1. The Hall–Kier alpha value is -1.35. The van der Waals surface area contributed by atoms with Gasteiger partial charge in [0.2, 0.25) is 5.91 Å². The smallest absolute Gasteiger partial charge is 0.227 e. The molecule has 3 heteroatoms. The summed E-state index contributed by atoms with van der Waals surface area (Å²) in [6, 6.07) is 8.59. The number of benzene rings is 1. The summed E-state index contributed by atoms with van der Waals surface area (Å²) in [4.78, 5) is 14.0. The molecule has 2 N–H and O–H groups in total. The Bertz CT molecular complexity index is 425. The fourth-order valence-corrected chi connectivity index (χ4v) is 2.56. The number of likely N-dealkylation sites (tertiary alicyclic amines) is 1. The first kappa shape index (κ1) is 14.1. The molecule has 1 aliphatic rings. The highest BCUT2D eigenvalue weighted by Crippen LogP contribution is 2.13. The molecule has 0 spiro atoms. The molecule has 1 aromatic carbocycles. The van der Waals surface area contributed by atoms with Gasteiger partial charge in [-0.1, -0.05) is 38.1 Å². The molecule has 2 rings (SSSR count). The molecule has 3 nitrogen and oxygen atoms in total. The molecule has 0 radical (unpaired) electrons. The van der Waals surface area contributed by atoms with E-state index < -0.39 is 0 Å². The molecule has 1 aliphatic heterocycles. The number of amides is 1. The highest BCUT2D eigenvalue weighted by molar-refractivity contribution is 5.79. The second-order valence-electron chi connectivity index (χ2n) is 5.98. The highest BCUT2D eigenvalue weighted by atomic mass is 16.2. The van der Waals surface area contributed by atoms with E-state index in [1.54, 1.807) is 0 Å². The van der Waals surface area contributed by atoms with Crippen molar-refractivity contribution in [1.29, 1.82) is 0 Å². The highest BCUT2D eigenvalue weighted by Gasteiger charge is 2.23. The normalized spacial score (nSPS) is 19.2. The lowest BCUT2D eigenvalue weighted by molar-refractivity contribution is -0.129. The van der Waals surface area contributed by atoms with Gasteiger partial charge in [0.25, 0.3) is 0 Å². The van der Waals surface area contributed by atoms with E-state index in [1.165, 1.54) is 5.56 Å². The topological polar surface area (TPSA) is 46.3 Å². The van der Waals surface area contributed by atoms with Gasteiger partial charge in [-0.2, -0.15) is 0 Å². The van der Waals surface area contributed by atoms with Crippen LogP contribution in [0.1, 0.15) is 31.4 Å². The molecular weight excluding hydrogens is 236 g/mol. The molecule has 0 saturated carbocycles. The quantitative estimate of drug-likeness (QED) is 0.900. The van der Waals surface area contributed by atoms with Crippen LogP contribution >= 0.6 is 0 Å². The fourth-order valence-electron chi connectivity index (χ4n) is 2.56. The molecule has 0 aliphatic carbocycles. The minimum atomic E-state index is 0.164. The summed E-state index contributed by atoms with van der Waals surface area (Å²) in [5, 5.41) is 0. The van der Waals surface area contributed by atoms with Gasteiger partial charge in [-0.25, -0.2) is 0 Å².